The average Bonchev–Trinajstić information content (AvgIpc) is 2.52. The molecule has 0 aromatic heterocycles. The molecule has 1 aromatic carbocycles. The second-order valence-electron chi connectivity index (χ2n) is 5.50. The van der Waals surface area contributed by atoms with Crippen molar-refractivity contribution in [1.29, 1.82) is 0 Å². The molecule has 0 radical (unpaired) electrons. The second kappa shape index (κ2) is 8.03. The van der Waals surface area contributed by atoms with Gasteiger partial charge in [-0.3, -0.25) is 4.79 Å². The molecule has 1 N–H and O–H groups in total. The normalized spacial score (nSPS) is 15.5. The van der Waals surface area contributed by atoms with Gasteiger partial charge in [0.25, 0.3) is 5.91 Å². The van der Waals surface area contributed by atoms with Crippen LogP contribution in [0.25, 0.3) is 0 Å². The van der Waals surface area contributed by atoms with E-state index in [4.69, 9.17) is 4.74 Å². The zero-order valence-electron chi connectivity index (χ0n) is 13.1. The highest BCUT2D eigenvalue weighted by Gasteiger charge is 2.24. The van der Waals surface area contributed by atoms with Crippen molar-refractivity contribution in [2.24, 2.45) is 0 Å². The van der Waals surface area contributed by atoms with Gasteiger partial charge in [-0.2, -0.15) is 0 Å². The van der Waals surface area contributed by atoms with Crippen LogP contribution in [0.3, 0.4) is 0 Å². The van der Waals surface area contributed by atoms with Crippen LogP contribution < -0.4 is 15.0 Å². The highest BCUT2D eigenvalue weighted by molar-refractivity contribution is 5.97. The van der Waals surface area contributed by atoms with Gasteiger partial charge in [0.05, 0.1) is 5.69 Å². The molecule has 0 spiro atoms. The Kier molecular flexibility index (Phi) is 6.05. The third-order valence-corrected chi connectivity index (χ3v) is 3.92. The van der Waals surface area contributed by atoms with Crippen molar-refractivity contribution in [2.45, 2.75) is 45.6 Å². The fourth-order valence-corrected chi connectivity index (χ4v) is 2.69. The number of rotatable bonds is 8. The van der Waals surface area contributed by atoms with Crippen LogP contribution in [0.4, 0.5) is 5.69 Å². The van der Waals surface area contributed by atoms with Gasteiger partial charge in [0.15, 0.2) is 6.61 Å². The van der Waals surface area contributed by atoms with E-state index in [2.05, 4.69) is 19.2 Å². The Balaban J connectivity index is 1.89. The number of hydrogen-bond acceptors (Lipinski definition) is 3. The molecule has 1 heterocycles. The summed E-state index contributed by atoms with van der Waals surface area (Å²) in [6, 6.07) is 8.32. The lowest BCUT2D eigenvalue weighted by Crippen LogP contribution is -2.40. The summed E-state index contributed by atoms with van der Waals surface area (Å²) in [5.74, 6) is 0.872. The molecule has 4 heteroatoms. The Hall–Kier alpha value is -1.55. The number of hydrogen-bond donors (Lipinski definition) is 1. The van der Waals surface area contributed by atoms with E-state index in [-0.39, 0.29) is 12.5 Å². The lowest BCUT2D eigenvalue weighted by atomic mass is 10.1. The van der Waals surface area contributed by atoms with Crippen LogP contribution in [0.1, 0.15) is 39.5 Å². The monoisotopic (exact) mass is 290 g/mol. The van der Waals surface area contributed by atoms with Crippen molar-refractivity contribution in [3.8, 4) is 5.75 Å². The quantitative estimate of drug-likeness (QED) is 0.800. The summed E-state index contributed by atoms with van der Waals surface area (Å²) >= 11 is 0. The van der Waals surface area contributed by atoms with E-state index >= 15 is 0 Å². The molecule has 1 aromatic rings. The van der Waals surface area contributed by atoms with Gasteiger partial charge in [-0.25, -0.2) is 0 Å². The molecule has 0 saturated carbocycles. The zero-order valence-corrected chi connectivity index (χ0v) is 13.1. The number of carbonyl (C=O) groups excluding carboxylic acids is 1. The van der Waals surface area contributed by atoms with Crippen LogP contribution in [-0.2, 0) is 4.79 Å². The number of anilines is 1. The standard InChI is InChI=1S/C17H26N2O2/c1-3-11-18-14(4-2)8-7-12-19-15-9-5-6-10-16(15)21-13-17(19)20/h5-6,9-10,14,18H,3-4,7-8,11-13H2,1-2H3. The Morgan fingerprint density at radius 3 is 2.90 bits per heavy atom. The molecule has 0 bridgehead atoms. The third kappa shape index (κ3) is 4.21. The van der Waals surface area contributed by atoms with Gasteiger partial charge in [0, 0.05) is 12.6 Å². The number of para-hydroxylation sites is 2. The predicted octanol–water partition coefficient (Wildman–Crippen LogP) is 2.97. The van der Waals surface area contributed by atoms with E-state index in [0.717, 1.165) is 50.2 Å². The Morgan fingerprint density at radius 2 is 2.14 bits per heavy atom. The number of amides is 1. The lowest BCUT2D eigenvalue weighted by Gasteiger charge is -2.29. The maximum Gasteiger partial charge on any atom is 0.265 e. The van der Waals surface area contributed by atoms with Crippen LogP contribution in [-0.4, -0.2) is 31.6 Å². The van der Waals surface area contributed by atoms with Crippen LogP contribution in [0.5, 0.6) is 5.75 Å². The van der Waals surface area contributed by atoms with E-state index in [1.165, 1.54) is 0 Å². The van der Waals surface area contributed by atoms with Crippen molar-refractivity contribution in [1.82, 2.24) is 5.32 Å². The maximum absolute atomic E-state index is 12.1. The Labute approximate surface area is 127 Å². The lowest BCUT2D eigenvalue weighted by molar-refractivity contribution is -0.121. The molecule has 1 unspecified atom stereocenters. The van der Waals surface area contributed by atoms with Crippen molar-refractivity contribution < 1.29 is 9.53 Å². The SMILES string of the molecule is CCCNC(CC)CCCN1C(=O)COc2ccccc21. The second-order valence-corrected chi connectivity index (χ2v) is 5.50. The summed E-state index contributed by atoms with van der Waals surface area (Å²) < 4.78 is 5.46. The van der Waals surface area contributed by atoms with Crippen molar-refractivity contribution in [3.05, 3.63) is 24.3 Å². The predicted molar refractivity (Wildman–Crippen MR) is 85.9 cm³/mol. The summed E-state index contributed by atoms with van der Waals surface area (Å²) in [6.45, 7) is 6.38. The van der Waals surface area contributed by atoms with E-state index in [0.29, 0.717) is 6.04 Å². The average molecular weight is 290 g/mol. The molecule has 2 rings (SSSR count). The molecule has 21 heavy (non-hydrogen) atoms. The first-order chi connectivity index (χ1) is 10.3. The summed E-state index contributed by atoms with van der Waals surface area (Å²) in [5.41, 5.74) is 0.906. The highest BCUT2D eigenvalue weighted by atomic mass is 16.5. The number of carbonyl (C=O) groups is 1. The molecular formula is C17H26N2O2. The fraction of sp³-hybridized carbons (Fsp3) is 0.588. The molecule has 1 aliphatic rings. The largest absolute Gasteiger partial charge is 0.482 e. The number of benzene rings is 1. The summed E-state index contributed by atoms with van der Waals surface area (Å²) in [6.07, 6.45) is 4.40. The van der Waals surface area contributed by atoms with Gasteiger partial charge in [0.1, 0.15) is 5.75 Å². The smallest absolute Gasteiger partial charge is 0.265 e. The molecule has 0 aliphatic carbocycles. The van der Waals surface area contributed by atoms with Gasteiger partial charge in [-0.05, 0) is 44.4 Å². The van der Waals surface area contributed by atoms with Crippen molar-refractivity contribution in [2.75, 3.05) is 24.6 Å². The van der Waals surface area contributed by atoms with E-state index < -0.39 is 0 Å². The molecule has 0 saturated heterocycles. The minimum atomic E-state index is 0.0586. The van der Waals surface area contributed by atoms with Crippen LogP contribution >= 0.6 is 0 Å². The first-order valence-electron chi connectivity index (χ1n) is 8.01. The summed E-state index contributed by atoms with van der Waals surface area (Å²) in [5, 5.41) is 3.56. The molecular weight excluding hydrogens is 264 g/mol. The van der Waals surface area contributed by atoms with Crippen LogP contribution in [0.2, 0.25) is 0 Å². The molecule has 116 valence electrons. The minimum Gasteiger partial charge on any atom is -0.482 e. The molecule has 1 amide bonds. The first kappa shape index (κ1) is 15.8. The minimum absolute atomic E-state index is 0.0586. The van der Waals surface area contributed by atoms with Gasteiger partial charge < -0.3 is 15.0 Å². The third-order valence-electron chi connectivity index (χ3n) is 3.92. The Morgan fingerprint density at radius 1 is 1.33 bits per heavy atom. The Bertz CT molecular complexity index is 462. The fourth-order valence-electron chi connectivity index (χ4n) is 2.69. The number of ether oxygens (including phenoxy) is 1. The summed E-state index contributed by atoms with van der Waals surface area (Å²) in [7, 11) is 0. The number of nitrogens with one attached hydrogen (secondary N) is 1. The first-order valence-corrected chi connectivity index (χ1v) is 8.01. The van der Waals surface area contributed by atoms with Crippen LogP contribution in [0, 0.1) is 0 Å². The van der Waals surface area contributed by atoms with E-state index in [1.807, 2.05) is 29.2 Å². The van der Waals surface area contributed by atoms with Gasteiger partial charge in [-0.1, -0.05) is 26.0 Å². The van der Waals surface area contributed by atoms with Gasteiger partial charge >= 0.3 is 0 Å². The molecule has 0 fully saturated rings. The van der Waals surface area contributed by atoms with Gasteiger partial charge in [-0.15, -0.1) is 0 Å². The van der Waals surface area contributed by atoms with E-state index in [9.17, 15) is 4.79 Å². The van der Waals surface area contributed by atoms with E-state index in [1.54, 1.807) is 0 Å². The molecule has 1 aliphatic heterocycles. The van der Waals surface area contributed by atoms with Crippen molar-refractivity contribution in [3.63, 3.8) is 0 Å². The number of nitrogens with zero attached hydrogens (tertiary/aromatic N) is 1. The molecule has 4 nitrogen and oxygen atoms in total. The molecule has 1 atom stereocenters. The van der Waals surface area contributed by atoms with Crippen molar-refractivity contribution >= 4 is 11.6 Å². The van der Waals surface area contributed by atoms with Gasteiger partial charge in [0.2, 0.25) is 0 Å². The maximum atomic E-state index is 12.1. The zero-order chi connectivity index (χ0) is 15.1. The number of fused-ring (bicyclic) bond motifs is 1. The topological polar surface area (TPSA) is 41.6 Å². The summed E-state index contributed by atoms with van der Waals surface area (Å²) in [4.78, 5) is 13.9. The highest BCUT2D eigenvalue weighted by Crippen LogP contribution is 2.31. The van der Waals surface area contributed by atoms with Crippen LogP contribution in [0.15, 0.2) is 24.3 Å².